The highest BCUT2D eigenvalue weighted by Crippen LogP contribution is 2.30. The van der Waals surface area contributed by atoms with Gasteiger partial charge in [0.2, 0.25) is 0 Å². The molecule has 1 saturated heterocycles. The maximum atomic E-state index is 13.1. The highest BCUT2D eigenvalue weighted by Gasteiger charge is 2.31. The van der Waals surface area contributed by atoms with Crippen molar-refractivity contribution >= 4 is 50.1 Å². The molecule has 0 saturated carbocycles. The van der Waals surface area contributed by atoms with Gasteiger partial charge in [-0.2, -0.15) is 0 Å². The number of methoxy groups -OCH3 is 1. The maximum absolute atomic E-state index is 13.1. The Labute approximate surface area is 189 Å². The zero-order valence-corrected chi connectivity index (χ0v) is 19.2. The van der Waals surface area contributed by atoms with Gasteiger partial charge in [0, 0.05) is 21.1 Å². The Balaban J connectivity index is 1.49. The molecule has 7 nitrogen and oxygen atoms in total. The number of halogens is 1. The zero-order valence-electron chi connectivity index (χ0n) is 17.6. The zero-order chi connectivity index (χ0) is 22.0. The molecule has 1 amide bonds. The normalized spacial score (nSPS) is 15.6. The monoisotopic (exact) mass is 485 g/mol. The fourth-order valence-corrected chi connectivity index (χ4v) is 4.45. The topological polar surface area (TPSA) is 78.9 Å². The van der Waals surface area contributed by atoms with Gasteiger partial charge in [0.15, 0.2) is 6.04 Å². The Morgan fingerprint density at radius 1 is 1.16 bits per heavy atom. The highest BCUT2D eigenvalue weighted by molar-refractivity contribution is 9.10. The lowest BCUT2D eigenvalue weighted by Gasteiger charge is -2.36. The second kappa shape index (κ2) is 9.11. The number of rotatable bonds is 5. The Hall–Kier alpha value is -2.84. The minimum absolute atomic E-state index is 0.116. The predicted octanol–water partition coefficient (Wildman–Crippen LogP) is 2.45. The summed E-state index contributed by atoms with van der Waals surface area (Å²) in [5.74, 6) is -0.631. The van der Waals surface area contributed by atoms with Crippen LogP contribution < -0.4 is 15.1 Å². The number of carbonyl (C=O) groups excluding carboxylic acids is 2. The molecule has 3 N–H and O–H groups in total. The van der Waals surface area contributed by atoms with E-state index in [1.807, 2.05) is 43.3 Å². The average molecular weight is 486 g/mol. The van der Waals surface area contributed by atoms with Crippen molar-refractivity contribution in [3.63, 3.8) is 0 Å². The molecule has 0 aliphatic carbocycles. The van der Waals surface area contributed by atoms with Crippen LogP contribution in [0.5, 0.6) is 0 Å². The van der Waals surface area contributed by atoms with E-state index in [0.717, 1.165) is 41.6 Å². The van der Waals surface area contributed by atoms with Crippen LogP contribution in [-0.4, -0.2) is 56.2 Å². The van der Waals surface area contributed by atoms with Crippen molar-refractivity contribution in [2.75, 3.05) is 43.5 Å². The number of fused-ring (bicyclic) bond motifs is 1. The lowest BCUT2D eigenvalue weighted by atomic mass is 10.1. The summed E-state index contributed by atoms with van der Waals surface area (Å²) in [4.78, 5) is 32.1. The summed E-state index contributed by atoms with van der Waals surface area (Å²) in [5.41, 5.74) is 2.68. The molecule has 1 aliphatic rings. The van der Waals surface area contributed by atoms with E-state index in [4.69, 9.17) is 4.74 Å². The summed E-state index contributed by atoms with van der Waals surface area (Å²) >= 11 is 3.46. The fourth-order valence-electron chi connectivity index (χ4n) is 4.09. The van der Waals surface area contributed by atoms with Crippen LogP contribution in [0, 0.1) is 0 Å². The second-order valence-corrected chi connectivity index (χ2v) is 8.66. The number of H-pyrrole nitrogens is 1. The Morgan fingerprint density at radius 2 is 1.87 bits per heavy atom. The Bertz CT molecular complexity index is 1090. The summed E-state index contributed by atoms with van der Waals surface area (Å²) in [6, 6.07) is 15.7. The largest absolute Gasteiger partial charge is 0.464 e. The molecule has 1 aliphatic heterocycles. The van der Waals surface area contributed by atoms with E-state index >= 15 is 0 Å². The van der Waals surface area contributed by atoms with Crippen LogP contribution in [0.15, 0.2) is 53.0 Å². The van der Waals surface area contributed by atoms with Gasteiger partial charge in [0.25, 0.3) is 5.91 Å². The van der Waals surface area contributed by atoms with E-state index in [1.54, 1.807) is 0 Å². The van der Waals surface area contributed by atoms with Crippen molar-refractivity contribution in [3.8, 4) is 0 Å². The number of amides is 1. The van der Waals surface area contributed by atoms with E-state index in [0.29, 0.717) is 5.69 Å². The molecule has 2 aromatic carbocycles. The number of carbonyl (C=O) groups is 2. The maximum Gasteiger partial charge on any atom is 0.356 e. The molecule has 4 rings (SSSR count). The van der Waals surface area contributed by atoms with Crippen LogP contribution in [0.3, 0.4) is 0 Å². The number of esters is 1. The van der Waals surface area contributed by atoms with Gasteiger partial charge in [-0.1, -0.05) is 34.1 Å². The van der Waals surface area contributed by atoms with E-state index in [9.17, 15) is 9.59 Å². The van der Waals surface area contributed by atoms with Crippen LogP contribution in [0.4, 0.5) is 11.4 Å². The van der Waals surface area contributed by atoms with Crippen molar-refractivity contribution in [1.82, 2.24) is 4.98 Å². The fraction of sp³-hybridized carbons (Fsp3) is 0.304. The number of aromatic amines is 1. The quantitative estimate of drug-likeness (QED) is 0.485. The molecular weight excluding hydrogens is 460 g/mol. The third kappa shape index (κ3) is 4.45. The number of anilines is 2. The average Bonchev–Trinajstić information content (AvgIpc) is 3.16. The summed E-state index contributed by atoms with van der Waals surface area (Å²) in [6.07, 6.45) is 0. The van der Waals surface area contributed by atoms with Gasteiger partial charge in [0.05, 0.1) is 39.0 Å². The Kier molecular flexibility index (Phi) is 6.29. The summed E-state index contributed by atoms with van der Waals surface area (Å²) < 4.78 is 5.77. The minimum Gasteiger partial charge on any atom is -0.464 e. The number of nitrogens with one attached hydrogen (secondary N) is 3. The molecule has 162 valence electrons. The molecule has 1 aromatic heterocycles. The molecule has 3 aromatic rings. The van der Waals surface area contributed by atoms with Gasteiger partial charge in [-0.3, -0.25) is 4.79 Å². The van der Waals surface area contributed by atoms with Gasteiger partial charge in [0.1, 0.15) is 5.69 Å². The smallest absolute Gasteiger partial charge is 0.356 e. The number of ether oxygens (including phenoxy) is 1. The number of piperazine rings is 1. The minimum atomic E-state index is -0.515. The van der Waals surface area contributed by atoms with Crippen LogP contribution >= 0.6 is 15.9 Å². The molecule has 2 heterocycles. The van der Waals surface area contributed by atoms with Gasteiger partial charge < -0.3 is 24.8 Å². The lowest BCUT2D eigenvalue weighted by Crippen LogP contribution is -3.19. The van der Waals surface area contributed by atoms with E-state index in [2.05, 4.69) is 43.3 Å². The number of quaternary nitrogens is 1. The molecule has 0 unspecified atom stereocenters. The van der Waals surface area contributed by atoms with E-state index in [-0.39, 0.29) is 17.6 Å². The molecule has 1 atom stereocenters. The molecule has 0 radical (unpaired) electrons. The summed E-state index contributed by atoms with van der Waals surface area (Å²) in [6.45, 7) is 5.46. The summed E-state index contributed by atoms with van der Waals surface area (Å²) in [5, 5.41) is 3.75. The predicted molar refractivity (Wildman–Crippen MR) is 125 cm³/mol. The molecule has 8 heteroatoms. The first-order chi connectivity index (χ1) is 15.0. The van der Waals surface area contributed by atoms with Crippen LogP contribution in [-0.2, 0) is 9.53 Å². The van der Waals surface area contributed by atoms with Gasteiger partial charge in [-0.05, 0) is 37.3 Å². The first-order valence-corrected chi connectivity index (χ1v) is 11.1. The number of nitrogens with zero attached hydrogens (tertiary/aromatic N) is 1. The van der Waals surface area contributed by atoms with Crippen molar-refractivity contribution in [2.45, 2.75) is 13.0 Å². The first-order valence-electron chi connectivity index (χ1n) is 10.3. The number of hydrogen-bond donors (Lipinski definition) is 3. The first kappa shape index (κ1) is 21.4. The second-order valence-electron chi connectivity index (χ2n) is 7.75. The van der Waals surface area contributed by atoms with E-state index in [1.165, 1.54) is 17.7 Å². The number of para-hydroxylation sites is 1. The lowest BCUT2D eigenvalue weighted by molar-refractivity contribution is -0.914. The van der Waals surface area contributed by atoms with Crippen molar-refractivity contribution < 1.29 is 19.2 Å². The van der Waals surface area contributed by atoms with Crippen LogP contribution in [0.2, 0.25) is 0 Å². The van der Waals surface area contributed by atoms with Gasteiger partial charge in [-0.15, -0.1) is 0 Å². The van der Waals surface area contributed by atoms with Gasteiger partial charge in [-0.25, -0.2) is 4.79 Å². The third-order valence-corrected chi connectivity index (χ3v) is 6.42. The molecule has 0 spiro atoms. The van der Waals surface area contributed by atoms with Crippen LogP contribution in [0.1, 0.15) is 17.4 Å². The standard InChI is InChI=1S/C23H25BrN4O3/c1-15(27-10-12-28(13-11-27)17-6-4-3-5-7-17)22(29)26-20-18-14-16(24)8-9-19(18)25-21(20)23(30)31-2/h3-9,14-15,25H,10-13H2,1-2H3,(H,26,29)/p+1/t15-/m1/s1. The molecule has 1 fully saturated rings. The molecule has 31 heavy (non-hydrogen) atoms. The SMILES string of the molecule is COC(=O)c1[nH]c2ccc(Br)cc2c1NC(=O)[C@@H](C)[NH+]1CCN(c2ccccc2)CC1. The van der Waals surface area contributed by atoms with Crippen molar-refractivity contribution in [3.05, 3.63) is 58.7 Å². The molecular formula is C23H26BrN4O3+. The highest BCUT2D eigenvalue weighted by atomic mass is 79.9. The number of hydrogen-bond acceptors (Lipinski definition) is 4. The number of aromatic nitrogens is 1. The van der Waals surface area contributed by atoms with Crippen LogP contribution in [0.25, 0.3) is 10.9 Å². The third-order valence-electron chi connectivity index (χ3n) is 5.93. The van der Waals surface area contributed by atoms with Crippen molar-refractivity contribution in [2.24, 2.45) is 0 Å². The Morgan fingerprint density at radius 3 is 2.55 bits per heavy atom. The van der Waals surface area contributed by atoms with E-state index < -0.39 is 5.97 Å². The van der Waals surface area contributed by atoms with Gasteiger partial charge >= 0.3 is 5.97 Å². The molecule has 0 bridgehead atoms. The summed E-state index contributed by atoms with van der Waals surface area (Å²) in [7, 11) is 1.33. The van der Waals surface area contributed by atoms with Crippen molar-refractivity contribution in [1.29, 1.82) is 0 Å². The number of benzene rings is 2.